The summed E-state index contributed by atoms with van der Waals surface area (Å²) in [6, 6.07) is 0. The van der Waals surface area contributed by atoms with Gasteiger partial charge in [0, 0.05) is 6.42 Å². The van der Waals surface area contributed by atoms with Crippen LogP contribution in [0.1, 0.15) is 52.4 Å². The van der Waals surface area contributed by atoms with Crippen LogP contribution in [0.15, 0.2) is 23.5 Å². The van der Waals surface area contributed by atoms with Gasteiger partial charge in [0.15, 0.2) is 0 Å². The molecule has 1 aliphatic rings. The minimum atomic E-state index is 0.542. The van der Waals surface area contributed by atoms with Gasteiger partial charge in [-0.25, -0.2) is 0 Å². The van der Waals surface area contributed by atoms with E-state index in [1.807, 2.05) is 6.08 Å². The lowest BCUT2D eigenvalue weighted by molar-refractivity contribution is 0.378. The molecule has 1 nitrogen and oxygen atoms in total. The minimum absolute atomic E-state index is 0.542. The topological polar surface area (TPSA) is 20.2 Å². The summed E-state index contributed by atoms with van der Waals surface area (Å²) in [6.07, 6.45) is 11.0. The predicted molar refractivity (Wildman–Crippen MR) is 61.3 cm³/mol. The zero-order chi connectivity index (χ0) is 10.4. The molecule has 0 spiro atoms. The van der Waals surface area contributed by atoms with Crippen molar-refractivity contribution < 1.29 is 5.11 Å². The van der Waals surface area contributed by atoms with E-state index in [1.54, 1.807) is 5.57 Å². The molecule has 0 saturated heterocycles. The monoisotopic (exact) mass is 194 g/mol. The van der Waals surface area contributed by atoms with Gasteiger partial charge in [0.05, 0.1) is 5.76 Å². The Morgan fingerprint density at radius 1 is 1.14 bits per heavy atom. The van der Waals surface area contributed by atoms with E-state index in [0.29, 0.717) is 5.76 Å². The Morgan fingerprint density at radius 3 is 2.21 bits per heavy atom. The SMILES string of the molecule is CCCC(CCC)C1=CC=C(O)CC1. The van der Waals surface area contributed by atoms with Crippen molar-refractivity contribution in [2.75, 3.05) is 0 Å². The molecule has 1 N–H and O–H groups in total. The number of aliphatic hydroxyl groups is 1. The molecule has 1 aliphatic carbocycles. The van der Waals surface area contributed by atoms with E-state index in [4.69, 9.17) is 0 Å². The number of rotatable bonds is 5. The summed E-state index contributed by atoms with van der Waals surface area (Å²) in [5.41, 5.74) is 1.55. The first-order valence-electron chi connectivity index (χ1n) is 5.86. The average Bonchev–Trinajstić information content (AvgIpc) is 2.19. The summed E-state index contributed by atoms with van der Waals surface area (Å²) in [5, 5.41) is 9.29. The Bertz CT molecular complexity index is 219. The molecule has 0 aromatic carbocycles. The summed E-state index contributed by atoms with van der Waals surface area (Å²) in [5.74, 6) is 1.30. The zero-order valence-corrected chi connectivity index (χ0v) is 9.42. The summed E-state index contributed by atoms with van der Waals surface area (Å²) in [6.45, 7) is 4.50. The fourth-order valence-electron chi connectivity index (χ4n) is 2.19. The average molecular weight is 194 g/mol. The van der Waals surface area contributed by atoms with Gasteiger partial charge in [0.25, 0.3) is 0 Å². The molecule has 1 rings (SSSR count). The molecule has 0 saturated carbocycles. The van der Waals surface area contributed by atoms with Gasteiger partial charge in [-0.2, -0.15) is 0 Å². The van der Waals surface area contributed by atoms with Crippen LogP contribution in [0.5, 0.6) is 0 Å². The number of hydrogen-bond donors (Lipinski definition) is 1. The Balaban J connectivity index is 2.58. The van der Waals surface area contributed by atoms with Crippen LogP contribution >= 0.6 is 0 Å². The van der Waals surface area contributed by atoms with E-state index in [0.717, 1.165) is 18.8 Å². The largest absolute Gasteiger partial charge is 0.512 e. The summed E-state index contributed by atoms with van der Waals surface area (Å²) < 4.78 is 0. The second-order valence-electron chi connectivity index (χ2n) is 4.17. The first-order chi connectivity index (χ1) is 6.77. The third-order valence-corrected chi connectivity index (χ3v) is 2.96. The number of aliphatic hydroxyl groups excluding tert-OH is 1. The van der Waals surface area contributed by atoms with Crippen molar-refractivity contribution in [3.63, 3.8) is 0 Å². The van der Waals surface area contributed by atoms with Gasteiger partial charge in [0.2, 0.25) is 0 Å². The highest BCUT2D eigenvalue weighted by Gasteiger charge is 2.14. The molecule has 1 heteroatoms. The molecule has 80 valence electrons. The van der Waals surface area contributed by atoms with Crippen LogP contribution in [-0.4, -0.2) is 5.11 Å². The quantitative estimate of drug-likeness (QED) is 0.689. The van der Waals surface area contributed by atoms with Gasteiger partial charge >= 0.3 is 0 Å². The lowest BCUT2D eigenvalue weighted by Crippen LogP contribution is -2.06. The van der Waals surface area contributed by atoms with Crippen LogP contribution in [0.25, 0.3) is 0 Å². The maximum Gasteiger partial charge on any atom is 0.0925 e. The molecule has 0 fully saturated rings. The molecule has 0 bridgehead atoms. The minimum Gasteiger partial charge on any atom is -0.512 e. The predicted octanol–water partition coefficient (Wildman–Crippen LogP) is 4.36. The molecule has 0 aromatic rings. The Hall–Kier alpha value is -0.720. The summed E-state index contributed by atoms with van der Waals surface area (Å²) in [4.78, 5) is 0. The highest BCUT2D eigenvalue weighted by atomic mass is 16.3. The van der Waals surface area contributed by atoms with Gasteiger partial charge in [-0.05, 0) is 31.3 Å². The van der Waals surface area contributed by atoms with Crippen molar-refractivity contribution in [1.29, 1.82) is 0 Å². The third-order valence-electron chi connectivity index (χ3n) is 2.96. The van der Waals surface area contributed by atoms with E-state index in [2.05, 4.69) is 19.9 Å². The van der Waals surface area contributed by atoms with Gasteiger partial charge < -0.3 is 5.11 Å². The summed E-state index contributed by atoms with van der Waals surface area (Å²) in [7, 11) is 0. The Labute approximate surface area is 87.5 Å². The van der Waals surface area contributed by atoms with Crippen molar-refractivity contribution in [3.8, 4) is 0 Å². The lowest BCUT2D eigenvalue weighted by atomic mass is 9.85. The maximum absolute atomic E-state index is 9.29. The van der Waals surface area contributed by atoms with Crippen LogP contribution < -0.4 is 0 Å². The van der Waals surface area contributed by atoms with Crippen LogP contribution in [0.2, 0.25) is 0 Å². The lowest BCUT2D eigenvalue weighted by Gasteiger charge is -2.21. The van der Waals surface area contributed by atoms with Gasteiger partial charge in [-0.15, -0.1) is 0 Å². The van der Waals surface area contributed by atoms with Crippen molar-refractivity contribution in [2.24, 2.45) is 5.92 Å². The molecule has 14 heavy (non-hydrogen) atoms. The molecular weight excluding hydrogens is 172 g/mol. The van der Waals surface area contributed by atoms with Gasteiger partial charge in [0.1, 0.15) is 0 Å². The fraction of sp³-hybridized carbons (Fsp3) is 0.692. The smallest absolute Gasteiger partial charge is 0.0925 e. The Morgan fingerprint density at radius 2 is 1.79 bits per heavy atom. The van der Waals surface area contributed by atoms with E-state index in [9.17, 15) is 5.11 Å². The molecule has 0 unspecified atom stereocenters. The van der Waals surface area contributed by atoms with E-state index >= 15 is 0 Å². The first-order valence-corrected chi connectivity index (χ1v) is 5.86. The van der Waals surface area contributed by atoms with E-state index < -0.39 is 0 Å². The van der Waals surface area contributed by atoms with Crippen LogP contribution in [0.4, 0.5) is 0 Å². The zero-order valence-electron chi connectivity index (χ0n) is 9.42. The molecule has 0 aromatic heterocycles. The second-order valence-corrected chi connectivity index (χ2v) is 4.17. The third kappa shape index (κ3) is 3.21. The van der Waals surface area contributed by atoms with E-state index in [1.165, 1.54) is 25.7 Å². The van der Waals surface area contributed by atoms with Crippen molar-refractivity contribution >= 4 is 0 Å². The maximum atomic E-state index is 9.29. The van der Waals surface area contributed by atoms with Crippen LogP contribution in [-0.2, 0) is 0 Å². The highest BCUT2D eigenvalue weighted by Crippen LogP contribution is 2.29. The number of hydrogen-bond acceptors (Lipinski definition) is 1. The molecule has 0 atom stereocenters. The Kier molecular flexibility index (Phi) is 4.78. The van der Waals surface area contributed by atoms with Gasteiger partial charge in [-0.3, -0.25) is 0 Å². The van der Waals surface area contributed by atoms with E-state index in [-0.39, 0.29) is 0 Å². The fourth-order valence-corrected chi connectivity index (χ4v) is 2.19. The molecular formula is C13H22O. The normalized spacial score (nSPS) is 16.8. The first kappa shape index (κ1) is 11.4. The standard InChI is InChI=1S/C13H22O/c1-3-5-11(6-4-2)12-7-9-13(14)10-8-12/h7,9,11,14H,3-6,8,10H2,1-2H3. The highest BCUT2D eigenvalue weighted by molar-refractivity contribution is 5.22. The van der Waals surface area contributed by atoms with Gasteiger partial charge in [-0.1, -0.05) is 38.3 Å². The van der Waals surface area contributed by atoms with Crippen molar-refractivity contribution in [2.45, 2.75) is 52.4 Å². The van der Waals surface area contributed by atoms with Crippen molar-refractivity contribution in [3.05, 3.63) is 23.5 Å². The summed E-state index contributed by atoms with van der Waals surface area (Å²) >= 11 is 0. The molecule has 0 radical (unpaired) electrons. The van der Waals surface area contributed by atoms with Crippen molar-refractivity contribution in [1.82, 2.24) is 0 Å². The molecule has 0 amide bonds. The second kappa shape index (κ2) is 5.90. The number of allylic oxidation sites excluding steroid dienone is 4. The van der Waals surface area contributed by atoms with Crippen LogP contribution in [0.3, 0.4) is 0 Å². The van der Waals surface area contributed by atoms with Crippen LogP contribution in [0, 0.1) is 5.92 Å². The molecule has 0 heterocycles. The molecule has 0 aliphatic heterocycles.